The monoisotopic (exact) mass is 376 g/mol. The lowest BCUT2D eigenvalue weighted by Crippen LogP contribution is -2.19. The van der Waals surface area contributed by atoms with Crippen LogP contribution in [0.25, 0.3) is 11.7 Å². The third-order valence-electron chi connectivity index (χ3n) is 3.92. The molecule has 0 aliphatic heterocycles. The van der Waals surface area contributed by atoms with Crippen molar-refractivity contribution in [3.05, 3.63) is 74.2 Å². The Morgan fingerprint density at radius 3 is 2.63 bits per heavy atom. The fourth-order valence-electron chi connectivity index (χ4n) is 2.52. The first-order chi connectivity index (χ1) is 12.9. The SMILES string of the molecule is Cc1cc(Oc2nc3c(C)cccn3c(=O)c2C=C(C#N)C#N)ccc1Cl. The quantitative estimate of drug-likeness (QED) is 0.639. The Morgan fingerprint density at radius 2 is 1.96 bits per heavy atom. The minimum absolute atomic E-state index is 0.0130. The van der Waals surface area contributed by atoms with Crippen molar-refractivity contribution in [3.8, 4) is 23.8 Å². The summed E-state index contributed by atoms with van der Waals surface area (Å²) in [5.41, 5.74) is 1.36. The number of aromatic nitrogens is 2. The number of halogens is 1. The molecule has 0 saturated carbocycles. The predicted octanol–water partition coefficient (Wildman–Crippen LogP) is 4.19. The number of fused-ring (bicyclic) bond motifs is 1. The molecular formula is C20H13ClN4O2. The summed E-state index contributed by atoms with van der Waals surface area (Å²) in [6, 6.07) is 12.1. The van der Waals surface area contributed by atoms with Crippen LogP contribution in [0.4, 0.5) is 0 Å². The third-order valence-corrected chi connectivity index (χ3v) is 4.35. The van der Waals surface area contributed by atoms with Gasteiger partial charge < -0.3 is 4.74 Å². The van der Waals surface area contributed by atoms with E-state index < -0.39 is 5.56 Å². The molecule has 0 N–H and O–H groups in total. The highest BCUT2D eigenvalue weighted by Gasteiger charge is 2.16. The Bertz CT molecular complexity index is 1210. The molecule has 0 bridgehead atoms. The van der Waals surface area contributed by atoms with Crippen LogP contribution in [-0.2, 0) is 0 Å². The molecule has 6 nitrogen and oxygen atoms in total. The van der Waals surface area contributed by atoms with E-state index in [-0.39, 0.29) is 17.0 Å². The average Bonchev–Trinajstić information content (AvgIpc) is 2.65. The van der Waals surface area contributed by atoms with Crippen molar-refractivity contribution in [2.75, 3.05) is 0 Å². The number of hydrogen-bond acceptors (Lipinski definition) is 5. The van der Waals surface area contributed by atoms with E-state index in [2.05, 4.69) is 4.98 Å². The first-order valence-corrected chi connectivity index (χ1v) is 8.30. The van der Waals surface area contributed by atoms with Gasteiger partial charge in [0.25, 0.3) is 5.56 Å². The highest BCUT2D eigenvalue weighted by molar-refractivity contribution is 6.31. The number of aryl methyl sites for hydroxylation is 2. The molecule has 0 saturated heterocycles. The van der Waals surface area contributed by atoms with Crippen molar-refractivity contribution >= 4 is 23.3 Å². The highest BCUT2D eigenvalue weighted by atomic mass is 35.5. The van der Waals surface area contributed by atoms with Crippen LogP contribution in [0.5, 0.6) is 11.6 Å². The van der Waals surface area contributed by atoms with Crippen molar-refractivity contribution < 1.29 is 4.74 Å². The molecule has 3 rings (SSSR count). The summed E-state index contributed by atoms with van der Waals surface area (Å²) in [6.45, 7) is 3.65. The van der Waals surface area contributed by atoms with E-state index in [0.29, 0.717) is 16.4 Å². The Labute approximate surface area is 160 Å². The molecule has 0 fully saturated rings. The fourth-order valence-corrected chi connectivity index (χ4v) is 2.64. The molecule has 0 radical (unpaired) electrons. The van der Waals surface area contributed by atoms with E-state index in [9.17, 15) is 4.79 Å². The molecule has 2 aromatic heterocycles. The number of pyridine rings is 1. The average molecular weight is 377 g/mol. The smallest absolute Gasteiger partial charge is 0.269 e. The van der Waals surface area contributed by atoms with E-state index in [4.69, 9.17) is 26.9 Å². The van der Waals surface area contributed by atoms with Gasteiger partial charge in [0.15, 0.2) is 0 Å². The van der Waals surface area contributed by atoms with Crippen LogP contribution >= 0.6 is 11.6 Å². The van der Waals surface area contributed by atoms with Crippen LogP contribution in [0.1, 0.15) is 16.7 Å². The topological polar surface area (TPSA) is 91.2 Å². The number of allylic oxidation sites excluding steroid dienone is 1. The van der Waals surface area contributed by atoms with E-state index >= 15 is 0 Å². The number of hydrogen-bond donors (Lipinski definition) is 0. The summed E-state index contributed by atoms with van der Waals surface area (Å²) >= 11 is 6.04. The second-order valence-electron chi connectivity index (χ2n) is 5.82. The predicted molar refractivity (Wildman–Crippen MR) is 102 cm³/mol. The summed E-state index contributed by atoms with van der Waals surface area (Å²) in [6.07, 6.45) is 2.76. The van der Waals surface area contributed by atoms with E-state index in [0.717, 1.165) is 11.1 Å². The Balaban J connectivity index is 2.28. The lowest BCUT2D eigenvalue weighted by atomic mass is 10.2. The summed E-state index contributed by atoms with van der Waals surface area (Å²) in [5, 5.41) is 18.7. The van der Waals surface area contributed by atoms with Crippen molar-refractivity contribution in [2.24, 2.45) is 0 Å². The lowest BCUT2D eigenvalue weighted by molar-refractivity contribution is 0.460. The second-order valence-corrected chi connectivity index (χ2v) is 6.22. The zero-order valence-corrected chi connectivity index (χ0v) is 15.3. The van der Waals surface area contributed by atoms with Crippen molar-refractivity contribution in [3.63, 3.8) is 0 Å². The number of nitriles is 2. The van der Waals surface area contributed by atoms with Gasteiger partial charge in [0.2, 0.25) is 5.88 Å². The van der Waals surface area contributed by atoms with Gasteiger partial charge in [-0.1, -0.05) is 17.7 Å². The van der Waals surface area contributed by atoms with Crippen LogP contribution in [0, 0.1) is 36.5 Å². The molecule has 0 aliphatic rings. The number of benzene rings is 1. The van der Waals surface area contributed by atoms with Crippen LogP contribution in [0.15, 0.2) is 46.9 Å². The lowest BCUT2D eigenvalue weighted by Gasteiger charge is -2.11. The second kappa shape index (κ2) is 7.33. The van der Waals surface area contributed by atoms with E-state index in [1.807, 2.05) is 19.9 Å². The maximum atomic E-state index is 12.9. The fraction of sp³-hybridized carbons (Fsp3) is 0.100. The maximum absolute atomic E-state index is 12.9. The van der Waals surface area contributed by atoms with Crippen molar-refractivity contribution in [1.82, 2.24) is 9.38 Å². The number of ether oxygens (including phenoxy) is 1. The zero-order chi connectivity index (χ0) is 19.6. The van der Waals surface area contributed by atoms with E-state index in [1.165, 1.54) is 10.5 Å². The Morgan fingerprint density at radius 1 is 1.22 bits per heavy atom. The summed E-state index contributed by atoms with van der Waals surface area (Å²) in [4.78, 5) is 17.4. The normalized spacial score (nSPS) is 10.1. The Kier molecular flexibility index (Phi) is 4.94. The molecule has 0 aliphatic carbocycles. The van der Waals surface area contributed by atoms with Crippen LogP contribution in [0.2, 0.25) is 5.02 Å². The van der Waals surface area contributed by atoms with Gasteiger partial charge in [-0.15, -0.1) is 0 Å². The van der Waals surface area contributed by atoms with Gasteiger partial charge in [-0.05, 0) is 55.3 Å². The largest absolute Gasteiger partial charge is 0.438 e. The van der Waals surface area contributed by atoms with Crippen LogP contribution < -0.4 is 10.3 Å². The van der Waals surface area contributed by atoms with Gasteiger partial charge in [-0.2, -0.15) is 15.5 Å². The summed E-state index contributed by atoms with van der Waals surface area (Å²) < 4.78 is 7.19. The van der Waals surface area contributed by atoms with Gasteiger partial charge in [-0.25, -0.2) is 0 Å². The molecule has 0 amide bonds. The summed E-state index contributed by atoms with van der Waals surface area (Å²) in [7, 11) is 0. The zero-order valence-electron chi connectivity index (χ0n) is 14.5. The number of nitrogens with zero attached hydrogens (tertiary/aromatic N) is 4. The first-order valence-electron chi connectivity index (χ1n) is 7.92. The van der Waals surface area contributed by atoms with Gasteiger partial charge >= 0.3 is 0 Å². The van der Waals surface area contributed by atoms with Crippen molar-refractivity contribution in [2.45, 2.75) is 13.8 Å². The van der Waals surface area contributed by atoms with Crippen LogP contribution in [-0.4, -0.2) is 9.38 Å². The van der Waals surface area contributed by atoms with Crippen LogP contribution in [0.3, 0.4) is 0 Å². The van der Waals surface area contributed by atoms with Gasteiger partial charge in [0, 0.05) is 11.2 Å². The van der Waals surface area contributed by atoms with Gasteiger partial charge in [0.05, 0.1) is 0 Å². The molecule has 2 heterocycles. The molecule has 1 aromatic carbocycles. The molecule has 0 atom stereocenters. The summed E-state index contributed by atoms with van der Waals surface area (Å²) in [5.74, 6) is 0.450. The van der Waals surface area contributed by atoms with E-state index in [1.54, 1.807) is 42.6 Å². The molecule has 3 aromatic rings. The minimum Gasteiger partial charge on any atom is -0.438 e. The third kappa shape index (κ3) is 3.52. The van der Waals surface area contributed by atoms with Gasteiger partial charge in [0.1, 0.15) is 34.7 Å². The molecule has 7 heteroatoms. The van der Waals surface area contributed by atoms with Gasteiger partial charge in [-0.3, -0.25) is 9.20 Å². The molecule has 0 unspecified atom stereocenters. The molecule has 132 valence electrons. The minimum atomic E-state index is -0.438. The van der Waals surface area contributed by atoms with Crippen molar-refractivity contribution in [1.29, 1.82) is 10.5 Å². The first kappa shape index (κ1) is 18.2. The molecule has 0 spiro atoms. The standard InChI is InChI=1S/C20H13ClN4O2/c1-12-4-3-7-25-18(12)24-19(16(20(25)26)9-14(10-22)11-23)27-15-5-6-17(21)13(2)8-15/h3-9H,1-2H3. The molecular weight excluding hydrogens is 364 g/mol. The highest BCUT2D eigenvalue weighted by Crippen LogP contribution is 2.27. The Hall–Kier alpha value is -3.61. The maximum Gasteiger partial charge on any atom is 0.269 e. The number of rotatable bonds is 3. The molecule has 27 heavy (non-hydrogen) atoms.